The fourth-order valence-electron chi connectivity index (χ4n) is 1.55. The summed E-state index contributed by atoms with van der Waals surface area (Å²) >= 11 is 0. The van der Waals surface area contributed by atoms with Crippen LogP contribution in [0.4, 0.5) is 5.69 Å². The Bertz CT molecular complexity index is 444. The number of hydrogen-bond acceptors (Lipinski definition) is 5. The Labute approximate surface area is 106 Å². The summed E-state index contributed by atoms with van der Waals surface area (Å²) in [6, 6.07) is 3.17. The van der Waals surface area contributed by atoms with Crippen molar-refractivity contribution in [3.8, 4) is 11.5 Å². The molecule has 0 aromatic heterocycles. The number of hydrogen-bond donors (Lipinski definition) is 2. The van der Waals surface area contributed by atoms with Crippen molar-refractivity contribution in [1.82, 2.24) is 0 Å². The monoisotopic (exact) mass is 250 g/mol. The van der Waals surface area contributed by atoms with Gasteiger partial charge in [0.25, 0.3) is 0 Å². The number of benzene rings is 1. The minimum atomic E-state index is -0.364. The molecule has 1 aromatic carbocycles. The molecule has 98 valence electrons. The van der Waals surface area contributed by atoms with Gasteiger partial charge in [-0.05, 0) is 25.0 Å². The summed E-state index contributed by atoms with van der Waals surface area (Å²) in [7, 11) is 0. The molecular formula is C13H18N2O3. The minimum absolute atomic E-state index is 0.00107. The Morgan fingerprint density at radius 2 is 2.17 bits per heavy atom. The van der Waals surface area contributed by atoms with E-state index in [2.05, 4.69) is 12.0 Å². The molecule has 5 heteroatoms. The highest BCUT2D eigenvalue weighted by molar-refractivity contribution is 5.76. The molecule has 0 aliphatic carbocycles. The van der Waals surface area contributed by atoms with E-state index in [9.17, 15) is 9.90 Å². The summed E-state index contributed by atoms with van der Waals surface area (Å²) in [5.41, 5.74) is 7.60. The molecule has 0 spiro atoms. The van der Waals surface area contributed by atoms with Crippen molar-refractivity contribution in [3.05, 3.63) is 17.7 Å². The first-order chi connectivity index (χ1) is 8.60. The maximum atomic E-state index is 11.5. The molecule has 0 aliphatic heterocycles. The third-order valence-corrected chi connectivity index (χ3v) is 2.64. The standard InChI is InChI=1S/C13H18N2O3/c1-3-4-5-6-11(16)18-10-8-7-9(2)13(17)12(10)15-14/h7-8,14,17H,3-6H2,1-2H3. The van der Waals surface area contributed by atoms with Crippen molar-refractivity contribution < 1.29 is 14.6 Å². The molecule has 1 aromatic rings. The fraction of sp³-hybridized carbons (Fsp3) is 0.462. The summed E-state index contributed by atoms with van der Waals surface area (Å²) in [6.45, 7) is 3.75. The van der Waals surface area contributed by atoms with E-state index >= 15 is 0 Å². The molecule has 5 nitrogen and oxygen atoms in total. The lowest BCUT2D eigenvalue weighted by atomic mass is 10.2. The first-order valence-electron chi connectivity index (χ1n) is 6.00. The van der Waals surface area contributed by atoms with Gasteiger partial charge in [-0.25, -0.2) is 5.53 Å². The second kappa shape index (κ2) is 6.74. The summed E-state index contributed by atoms with van der Waals surface area (Å²) in [6.07, 6.45) is 3.12. The summed E-state index contributed by atoms with van der Waals surface area (Å²) in [5.74, 6) is -0.352. The molecule has 0 saturated carbocycles. The number of rotatable bonds is 6. The smallest absolute Gasteiger partial charge is 0.311 e. The van der Waals surface area contributed by atoms with E-state index in [1.807, 2.05) is 0 Å². The quantitative estimate of drug-likeness (QED) is 0.348. The number of aryl methyl sites for hydroxylation is 1. The van der Waals surface area contributed by atoms with Crippen LogP contribution < -0.4 is 4.74 Å². The van der Waals surface area contributed by atoms with Crippen molar-refractivity contribution in [1.29, 1.82) is 5.53 Å². The third-order valence-electron chi connectivity index (χ3n) is 2.64. The van der Waals surface area contributed by atoms with Crippen LogP contribution in [0, 0.1) is 12.5 Å². The molecule has 0 amide bonds. The summed E-state index contributed by atoms with van der Waals surface area (Å²) < 4.78 is 5.11. The Balaban J connectivity index is 2.75. The molecule has 0 aliphatic rings. The van der Waals surface area contributed by atoms with Gasteiger partial charge < -0.3 is 9.84 Å². The normalized spacial score (nSPS) is 10.1. The van der Waals surface area contributed by atoms with Gasteiger partial charge in [0.1, 0.15) is 5.75 Å². The van der Waals surface area contributed by atoms with E-state index in [-0.39, 0.29) is 23.2 Å². The van der Waals surface area contributed by atoms with Gasteiger partial charge in [0.2, 0.25) is 0 Å². The molecule has 0 fully saturated rings. The molecule has 0 saturated heterocycles. The molecule has 0 heterocycles. The van der Waals surface area contributed by atoms with Crippen molar-refractivity contribution in [2.75, 3.05) is 0 Å². The van der Waals surface area contributed by atoms with Crippen LogP contribution in [0.2, 0.25) is 0 Å². The maximum absolute atomic E-state index is 11.5. The largest absolute Gasteiger partial charge is 0.505 e. The van der Waals surface area contributed by atoms with Crippen molar-refractivity contribution in [2.24, 2.45) is 5.11 Å². The van der Waals surface area contributed by atoms with Crippen LogP contribution in [-0.2, 0) is 4.79 Å². The lowest BCUT2D eigenvalue weighted by molar-refractivity contribution is -0.134. The molecule has 1 rings (SSSR count). The number of carbonyl (C=O) groups is 1. The topological polar surface area (TPSA) is 82.7 Å². The number of nitrogens with one attached hydrogen (secondary N) is 1. The van der Waals surface area contributed by atoms with Crippen LogP contribution in [0.15, 0.2) is 17.2 Å². The average Bonchev–Trinajstić information content (AvgIpc) is 2.35. The second-order valence-corrected chi connectivity index (χ2v) is 4.12. The Morgan fingerprint density at radius 1 is 1.44 bits per heavy atom. The zero-order valence-electron chi connectivity index (χ0n) is 10.7. The third kappa shape index (κ3) is 3.55. The molecule has 0 atom stereocenters. The van der Waals surface area contributed by atoms with E-state index in [1.54, 1.807) is 19.1 Å². The Kier molecular flexibility index (Phi) is 5.30. The number of aromatic hydroxyl groups is 1. The Morgan fingerprint density at radius 3 is 2.78 bits per heavy atom. The van der Waals surface area contributed by atoms with Crippen molar-refractivity contribution in [2.45, 2.75) is 39.5 Å². The van der Waals surface area contributed by atoms with Gasteiger partial charge in [0.05, 0.1) is 0 Å². The molecule has 0 unspecified atom stereocenters. The van der Waals surface area contributed by atoms with Gasteiger partial charge in [0.15, 0.2) is 11.4 Å². The van der Waals surface area contributed by atoms with E-state index < -0.39 is 0 Å². The molecule has 0 radical (unpaired) electrons. The van der Waals surface area contributed by atoms with Gasteiger partial charge >= 0.3 is 5.97 Å². The maximum Gasteiger partial charge on any atom is 0.311 e. The number of unbranched alkanes of at least 4 members (excludes halogenated alkanes) is 2. The lowest BCUT2D eigenvalue weighted by Gasteiger charge is -2.09. The van der Waals surface area contributed by atoms with Crippen LogP contribution in [0.25, 0.3) is 0 Å². The first-order valence-corrected chi connectivity index (χ1v) is 6.00. The van der Waals surface area contributed by atoms with Crippen LogP contribution in [-0.4, -0.2) is 11.1 Å². The molecule has 2 N–H and O–H groups in total. The van der Waals surface area contributed by atoms with E-state index in [0.29, 0.717) is 12.0 Å². The second-order valence-electron chi connectivity index (χ2n) is 4.12. The molecule has 18 heavy (non-hydrogen) atoms. The van der Waals surface area contributed by atoms with Gasteiger partial charge in [-0.3, -0.25) is 4.79 Å². The first kappa shape index (κ1) is 14.2. The zero-order valence-corrected chi connectivity index (χ0v) is 10.7. The highest BCUT2D eigenvalue weighted by Crippen LogP contribution is 2.39. The highest BCUT2D eigenvalue weighted by Gasteiger charge is 2.14. The number of phenolic OH excluding ortho intramolecular Hbond substituents is 1. The number of ether oxygens (including phenoxy) is 1. The van der Waals surface area contributed by atoms with Gasteiger partial charge in [-0.1, -0.05) is 25.8 Å². The van der Waals surface area contributed by atoms with Crippen LogP contribution in [0.3, 0.4) is 0 Å². The molecule has 0 bridgehead atoms. The fourth-order valence-corrected chi connectivity index (χ4v) is 1.55. The minimum Gasteiger partial charge on any atom is -0.505 e. The predicted octanol–water partition coefficient (Wildman–Crippen LogP) is 3.85. The summed E-state index contributed by atoms with van der Waals surface area (Å²) in [5, 5.41) is 12.9. The van der Waals surface area contributed by atoms with Crippen LogP contribution in [0.1, 0.15) is 38.2 Å². The summed E-state index contributed by atoms with van der Waals surface area (Å²) in [4.78, 5) is 11.5. The van der Waals surface area contributed by atoms with Gasteiger partial charge in [0, 0.05) is 6.42 Å². The number of carbonyl (C=O) groups excluding carboxylic acids is 1. The van der Waals surface area contributed by atoms with E-state index in [4.69, 9.17) is 10.3 Å². The van der Waals surface area contributed by atoms with E-state index in [0.717, 1.165) is 19.3 Å². The van der Waals surface area contributed by atoms with Crippen molar-refractivity contribution >= 4 is 11.7 Å². The van der Waals surface area contributed by atoms with Gasteiger partial charge in [-0.2, -0.15) is 5.11 Å². The molecular weight excluding hydrogens is 232 g/mol. The van der Waals surface area contributed by atoms with Crippen LogP contribution in [0.5, 0.6) is 11.5 Å². The van der Waals surface area contributed by atoms with E-state index in [1.165, 1.54) is 0 Å². The number of phenols is 1. The average molecular weight is 250 g/mol. The number of nitrogens with zero attached hydrogens (tertiary/aromatic N) is 1. The predicted molar refractivity (Wildman–Crippen MR) is 67.4 cm³/mol. The SMILES string of the molecule is CCCCCC(=O)Oc1ccc(C)c(O)c1N=N. The van der Waals surface area contributed by atoms with Gasteiger partial charge in [-0.15, -0.1) is 0 Å². The lowest BCUT2D eigenvalue weighted by Crippen LogP contribution is -2.07. The Hall–Kier alpha value is -1.91. The zero-order chi connectivity index (χ0) is 13.5. The van der Waals surface area contributed by atoms with Crippen LogP contribution >= 0.6 is 0 Å². The highest BCUT2D eigenvalue weighted by atomic mass is 16.5. The number of esters is 1. The van der Waals surface area contributed by atoms with Crippen molar-refractivity contribution in [3.63, 3.8) is 0 Å².